The van der Waals surface area contributed by atoms with Crippen molar-refractivity contribution in [2.75, 3.05) is 6.54 Å². The third kappa shape index (κ3) is 4.86. The number of fused-ring (bicyclic) bond motifs is 1. The van der Waals surface area contributed by atoms with Crippen molar-refractivity contribution < 1.29 is 0 Å². The van der Waals surface area contributed by atoms with Crippen molar-refractivity contribution in [3.63, 3.8) is 0 Å². The van der Waals surface area contributed by atoms with Gasteiger partial charge in [0.25, 0.3) is 0 Å². The fraction of sp³-hybridized carbons (Fsp3) is 0.500. The van der Waals surface area contributed by atoms with Crippen LogP contribution < -0.4 is 5.32 Å². The van der Waals surface area contributed by atoms with E-state index < -0.39 is 0 Å². The highest BCUT2D eigenvalue weighted by atomic mass is 14.9. The Bertz CT molecular complexity index is 532. The zero-order chi connectivity index (χ0) is 14.9. The molecule has 2 aromatic carbocycles. The second kappa shape index (κ2) is 8.84. The average molecular weight is 283 g/mol. The number of hydrogen-bond acceptors (Lipinski definition) is 1. The van der Waals surface area contributed by atoms with E-state index in [1.807, 2.05) is 0 Å². The summed E-state index contributed by atoms with van der Waals surface area (Å²) in [6.07, 6.45) is 7.79. The van der Waals surface area contributed by atoms with Gasteiger partial charge in [-0.2, -0.15) is 0 Å². The molecule has 1 heteroatoms. The smallest absolute Gasteiger partial charge is 0.0320 e. The van der Waals surface area contributed by atoms with Gasteiger partial charge in [0.2, 0.25) is 0 Å². The van der Waals surface area contributed by atoms with Crippen LogP contribution in [-0.2, 0) is 0 Å². The Hall–Kier alpha value is -1.34. The maximum absolute atomic E-state index is 3.73. The van der Waals surface area contributed by atoms with Gasteiger partial charge in [-0.3, -0.25) is 0 Å². The fourth-order valence-electron chi connectivity index (χ4n) is 2.90. The predicted octanol–water partition coefficient (Wildman–Crippen LogP) is 5.85. The van der Waals surface area contributed by atoms with Crippen LogP contribution in [0.4, 0.5) is 0 Å². The minimum Gasteiger partial charge on any atom is -0.310 e. The quantitative estimate of drug-likeness (QED) is 0.569. The molecule has 1 N–H and O–H groups in total. The highest BCUT2D eigenvalue weighted by molar-refractivity contribution is 5.83. The van der Waals surface area contributed by atoms with Gasteiger partial charge in [0.05, 0.1) is 0 Å². The van der Waals surface area contributed by atoms with Crippen LogP contribution in [0.1, 0.15) is 64.0 Å². The lowest BCUT2D eigenvalue weighted by atomic mass is 9.97. The molecule has 1 nitrogen and oxygen atoms in total. The second-order valence-corrected chi connectivity index (χ2v) is 5.96. The first-order valence-electron chi connectivity index (χ1n) is 8.57. The Labute approximate surface area is 129 Å². The van der Waals surface area contributed by atoms with Gasteiger partial charge in [-0.25, -0.2) is 0 Å². The molecular formula is C20H29N. The van der Waals surface area contributed by atoms with Gasteiger partial charge in [-0.1, -0.05) is 75.9 Å². The molecule has 0 fully saturated rings. The minimum absolute atomic E-state index is 0.506. The van der Waals surface area contributed by atoms with Gasteiger partial charge in [-0.05, 0) is 41.8 Å². The molecule has 0 bridgehead atoms. The lowest BCUT2D eigenvalue weighted by Gasteiger charge is -2.19. The molecule has 2 rings (SSSR count). The van der Waals surface area contributed by atoms with Crippen LogP contribution in [-0.4, -0.2) is 6.54 Å². The molecule has 0 saturated heterocycles. The zero-order valence-electron chi connectivity index (χ0n) is 13.6. The topological polar surface area (TPSA) is 12.0 Å². The highest BCUT2D eigenvalue weighted by Gasteiger charge is 2.10. The maximum atomic E-state index is 3.73. The van der Waals surface area contributed by atoms with Crippen molar-refractivity contribution in [3.05, 3.63) is 48.0 Å². The van der Waals surface area contributed by atoms with E-state index in [2.05, 4.69) is 61.6 Å². The molecule has 2 aromatic rings. The summed E-state index contributed by atoms with van der Waals surface area (Å²) in [5.74, 6) is 0. The summed E-state index contributed by atoms with van der Waals surface area (Å²) in [6.45, 7) is 5.61. The Balaban J connectivity index is 2.08. The van der Waals surface area contributed by atoms with Crippen molar-refractivity contribution in [2.45, 2.75) is 58.4 Å². The highest BCUT2D eigenvalue weighted by Crippen LogP contribution is 2.24. The molecule has 0 radical (unpaired) electrons. The Morgan fingerprint density at radius 3 is 2.43 bits per heavy atom. The number of rotatable bonds is 9. The minimum atomic E-state index is 0.506. The summed E-state index contributed by atoms with van der Waals surface area (Å²) < 4.78 is 0. The zero-order valence-corrected chi connectivity index (χ0v) is 13.6. The summed E-state index contributed by atoms with van der Waals surface area (Å²) in [7, 11) is 0. The summed E-state index contributed by atoms with van der Waals surface area (Å²) in [4.78, 5) is 0. The molecule has 1 unspecified atom stereocenters. The Morgan fingerprint density at radius 2 is 1.67 bits per heavy atom. The van der Waals surface area contributed by atoms with Gasteiger partial charge >= 0.3 is 0 Å². The first-order valence-corrected chi connectivity index (χ1v) is 8.57. The summed E-state index contributed by atoms with van der Waals surface area (Å²) in [5.41, 5.74) is 1.44. The third-order valence-corrected chi connectivity index (χ3v) is 4.16. The number of benzene rings is 2. The van der Waals surface area contributed by atoms with Crippen molar-refractivity contribution in [2.24, 2.45) is 0 Å². The van der Waals surface area contributed by atoms with E-state index in [9.17, 15) is 0 Å². The van der Waals surface area contributed by atoms with Crippen LogP contribution in [0.5, 0.6) is 0 Å². The van der Waals surface area contributed by atoms with Crippen LogP contribution in [0.3, 0.4) is 0 Å². The van der Waals surface area contributed by atoms with E-state index in [4.69, 9.17) is 0 Å². The van der Waals surface area contributed by atoms with Crippen molar-refractivity contribution in [3.8, 4) is 0 Å². The normalized spacial score (nSPS) is 12.7. The average Bonchev–Trinajstić information content (AvgIpc) is 2.54. The van der Waals surface area contributed by atoms with E-state index in [0.29, 0.717) is 6.04 Å². The third-order valence-electron chi connectivity index (χ3n) is 4.16. The molecular weight excluding hydrogens is 254 g/mol. The molecule has 0 aliphatic rings. The monoisotopic (exact) mass is 283 g/mol. The summed E-state index contributed by atoms with van der Waals surface area (Å²) in [6, 6.07) is 16.1. The standard InChI is InChI=1S/C20H29N/c1-3-5-6-7-12-20(21-15-4-2)19-14-13-17-10-8-9-11-18(17)16-19/h8-11,13-14,16,20-21H,3-7,12,15H2,1-2H3. The predicted molar refractivity (Wildman–Crippen MR) is 93.7 cm³/mol. The molecule has 0 amide bonds. The van der Waals surface area contributed by atoms with Crippen LogP contribution in [0.2, 0.25) is 0 Å². The summed E-state index contributed by atoms with van der Waals surface area (Å²) >= 11 is 0. The lowest BCUT2D eigenvalue weighted by Crippen LogP contribution is -2.22. The fourth-order valence-corrected chi connectivity index (χ4v) is 2.90. The van der Waals surface area contributed by atoms with Gasteiger partial charge in [0, 0.05) is 6.04 Å². The van der Waals surface area contributed by atoms with E-state index in [1.54, 1.807) is 0 Å². The van der Waals surface area contributed by atoms with Gasteiger partial charge < -0.3 is 5.32 Å². The van der Waals surface area contributed by atoms with Gasteiger partial charge in [0.1, 0.15) is 0 Å². The van der Waals surface area contributed by atoms with E-state index in [1.165, 1.54) is 54.9 Å². The molecule has 0 aliphatic carbocycles. The van der Waals surface area contributed by atoms with Crippen LogP contribution in [0.25, 0.3) is 10.8 Å². The molecule has 0 spiro atoms. The van der Waals surface area contributed by atoms with Crippen LogP contribution in [0, 0.1) is 0 Å². The van der Waals surface area contributed by atoms with Crippen molar-refractivity contribution >= 4 is 10.8 Å². The largest absolute Gasteiger partial charge is 0.310 e. The molecule has 114 valence electrons. The van der Waals surface area contributed by atoms with E-state index >= 15 is 0 Å². The molecule has 1 atom stereocenters. The Morgan fingerprint density at radius 1 is 0.857 bits per heavy atom. The second-order valence-electron chi connectivity index (χ2n) is 5.96. The van der Waals surface area contributed by atoms with E-state index in [-0.39, 0.29) is 0 Å². The van der Waals surface area contributed by atoms with E-state index in [0.717, 1.165) is 6.54 Å². The molecule has 0 saturated carbocycles. The first-order chi connectivity index (χ1) is 10.3. The van der Waals surface area contributed by atoms with Crippen LogP contribution in [0.15, 0.2) is 42.5 Å². The molecule has 0 aromatic heterocycles. The van der Waals surface area contributed by atoms with Gasteiger partial charge in [0.15, 0.2) is 0 Å². The van der Waals surface area contributed by atoms with Crippen molar-refractivity contribution in [1.29, 1.82) is 0 Å². The molecule has 0 aliphatic heterocycles. The molecule has 0 heterocycles. The van der Waals surface area contributed by atoms with Crippen molar-refractivity contribution in [1.82, 2.24) is 5.32 Å². The first kappa shape index (κ1) is 16.0. The number of unbranched alkanes of at least 4 members (excludes halogenated alkanes) is 3. The maximum Gasteiger partial charge on any atom is 0.0320 e. The lowest BCUT2D eigenvalue weighted by molar-refractivity contribution is 0.471. The van der Waals surface area contributed by atoms with Crippen LogP contribution >= 0.6 is 0 Å². The molecule has 21 heavy (non-hydrogen) atoms. The summed E-state index contributed by atoms with van der Waals surface area (Å²) in [5, 5.41) is 6.42. The number of hydrogen-bond donors (Lipinski definition) is 1. The van der Waals surface area contributed by atoms with Gasteiger partial charge in [-0.15, -0.1) is 0 Å². The SMILES string of the molecule is CCCCCCC(NCCC)c1ccc2ccccc2c1. The number of nitrogens with one attached hydrogen (secondary N) is 1. The Kier molecular flexibility index (Phi) is 6.75.